The van der Waals surface area contributed by atoms with E-state index < -0.39 is 23.6 Å². The highest BCUT2D eigenvalue weighted by molar-refractivity contribution is 6.36. The van der Waals surface area contributed by atoms with Crippen LogP contribution in [0.5, 0.6) is 0 Å². The molecule has 0 saturated heterocycles. The lowest BCUT2D eigenvalue weighted by molar-refractivity contribution is -0.145. The first-order valence-electron chi connectivity index (χ1n) is 5.56. The van der Waals surface area contributed by atoms with Crippen LogP contribution in [-0.2, 0) is 4.79 Å². The third-order valence-corrected chi connectivity index (χ3v) is 3.68. The highest BCUT2D eigenvalue weighted by Crippen LogP contribution is 2.29. The molecular formula is C12H10Cl2FNO3. The number of halogens is 3. The normalized spacial score (nSPS) is 21.6. The molecule has 0 atom stereocenters. The smallest absolute Gasteiger partial charge is 0.306 e. The molecule has 2 rings (SSSR count). The molecule has 0 spiro atoms. The van der Waals surface area contributed by atoms with Crippen molar-refractivity contribution in [3.05, 3.63) is 33.6 Å². The highest BCUT2D eigenvalue weighted by Gasteiger charge is 2.35. The van der Waals surface area contributed by atoms with Crippen molar-refractivity contribution in [3.63, 3.8) is 0 Å². The number of aliphatic carboxylic acids is 1. The molecule has 1 aliphatic carbocycles. The van der Waals surface area contributed by atoms with Crippen LogP contribution in [0.1, 0.15) is 23.2 Å². The van der Waals surface area contributed by atoms with Crippen LogP contribution in [-0.4, -0.2) is 23.0 Å². The Bertz CT molecular complexity index is 544. The minimum atomic E-state index is -0.874. The van der Waals surface area contributed by atoms with E-state index in [0.717, 1.165) is 12.1 Å². The minimum Gasteiger partial charge on any atom is -0.481 e. The zero-order valence-corrected chi connectivity index (χ0v) is 11.1. The number of hydrogen-bond acceptors (Lipinski definition) is 2. The molecular weight excluding hydrogens is 296 g/mol. The first-order chi connectivity index (χ1) is 8.88. The van der Waals surface area contributed by atoms with Gasteiger partial charge in [-0.3, -0.25) is 9.59 Å². The predicted octanol–water partition coefficient (Wildman–Crippen LogP) is 2.73. The van der Waals surface area contributed by atoms with Gasteiger partial charge in [0.1, 0.15) is 5.82 Å². The first kappa shape index (κ1) is 14.1. The van der Waals surface area contributed by atoms with Gasteiger partial charge in [-0.25, -0.2) is 4.39 Å². The van der Waals surface area contributed by atoms with Crippen LogP contribution in [0, 0.1) is 11.7 Å². The van der Waals surface area contributed by atoms with Gasteiger partial charge in [0, 0.05) is 6.04 Å². The van der Waals surface area contributed by atoms with Gasteiger partial charge in [0.25, 0.3) is 5.91 Å². The average molecular weight is 306 g/mol. The molecule has 1 aliphatic rings. The first-order valence-corrected chi connectivity index (χ1v) is 6.32. The molecule has 7 heteroatoms. The van der Waals surface area contributed by atoms with Crippen molar-refractivity contribution < 1.29 is 19.1 Å². The molecule has 1 aromatic rings. The van der Waals surface area contributed by atoms with Crippen LogP contribution in [0.25, 0.3) is 0 Å². The number of benzene rings is 1. The largest absolute Gasteiger partial charge is 0.481 e. The van der Waals surface area contributed by atoms with Crippen LogP contribution in [0.4, 0.5) is 4.39 Å². The summed E-state index contributed by atoms with van der Waals surface area (Å²) in [5, 5.41) is 11.2. The fourth-order valence-corrected chi connectivity index (χ4v) is 2.37. The Morgan fingerprint density at radius 2 is 1.89 bits per heavy atom. The lowest BCUT2D eigenvalue weighted by Gasteiger charge is -2.32. The van der Waals surface area contributed by atoms with Gasteiger partial charge in [-0.05, 0) is 25.0 Å². The Balaban J connectivity index is 2.02. The summed E-state index contributed by atoms with van der Waals surface area (Å²) in [7, 11) is 0. The zero-order chi connectivity index (χ0) is 14.2. The van der Waals surface area contributed by atoms with Gasteiger partial charge >= 0.3 is 5.97 Å². The molecule has 2 N–H and O–H groups in total. The lowest BCUT2D eigenvalue weighted by Crippen LogP contribution is -2.46. The summed E-state index contributed by atoms with van der Waals surface area (Å²) in [6.45, 7) is 0. The van der Waals surface area contributed by atoms with E-state index in [-0.39, 0.29) is 21.7 Å². The molecule has 0 aliphatic heterocycles. The Morgan fingerprint density at radius 3 is 2.47 bits per heavy atom. The number of nitrogens with one attached hydrogen (secondary N) is 1. The topological polar surface area (TPSA) is 66.4 Å². The highest BCUT2D eigenvalue weighted by atomic mass is 35.5. The summed E-state index contributed by atoms with van der Waals surface area (Å²) in [6, 6.07) is 1.91. The van der Waals surface area contributed by atoms with E-state index in [0.29, 0.717) is 12.8 Å². The number of hydrogen-bond donors (Lipinski definition) is 2. The van der Waals surface area contributed by atoms with Gasteiger partial charge in [0.15, 0.2) is 0 Å². The minimum absolute atomic E-state index is 0.0117. The molecule has 0 bridgehead atoms. The summed E-state index contributed by atoms with van der Waals surface area (Å²) in [5.74, 6) is -2.56. The van der Waals surface area contributed by atoms with Gasteiger partial charge in [0.05, 0.1) is 21.5 Å². The van der Waals surface area contributed by atoms with Crippen LogP contribution < -0.4 is 5.32 Å². The summed E-state index contributed by atoms with van der Waals surface area (Å²) in [4.78, 5) is 22.5. The number of carbonyl (C=O) groups excluding carboxylic acids is 1. The molecule has 0 heterocycles. The van der Waals surface area contributed by atoms with Crippen LogP contribution in [0.15, 0.2) is 12.1 Å². The second kappa shape index (κ2) is 5.35. The van der Waals surface area contributed by atoms with Gasteiger partial charge in [-0.2, -0.15) is 0 Å². The zero-order valence-electron chi connectivity index (χ0n) is 9.62. The molecule has 4 nitrogen and oxygen atoms in total. The van der Waals surface area contributed by atoms with E-state index in [9.17, 15) is 14.0 Å². The van der Waals surface area contributed by atoms with Crippen molar-refractivity contribution in [3.8, 4) is 0 Å². The van der Waals surface area contributed by atoms with E-state index in [1.807, 2.05) is 0 Å². The molecule has 0 aromatic heterocycles. The molecule has 1 aromatic carbocycles. The second-order valence-corrected chi connectivity index (χ2v) is 5.24. The Morgan fingerprint density at radius 1 is 1.26 bits per heavy atom. The van der Waals surface area contributed by atoms with Crippen molar-refractivity contribution in [1.82, 2.24) is 5.32 Å². The number of carboxylic acids is 1. The quantitative estimate of drug-likeness (QED) is 0.844. The van der Waals surface area contributed by atoms with Crippen molar-refractivity contribution >= 4 is 35.1 Å². The fourth-order valence-electron chi connectivity index (χ4n) is 1.90. The van der Waals surface area contributed by atoms with E-state index in [2.05, 4.69) is 5.32 Å². The molecule has 102 valence electrons. The number of rotatable bonds is 3. The number of carboxylic acid groups (broad SMARTS) is 1. The van der Waals surface area contributed by atoms with Gasteiger partial charge in [-0.1, -0.05) is 23.2 Å². The van der Waals surface area contributed by atoms with Crippen molar-refractivity contribution in [2.45, 2.75) is 18.9 Å². The maximum atomic E-state index is 13.3. The Kier molecular flexibility index (Phi) is 3.96. The van der Waals surface area contributed by atoms with E-state index >= 15 is 0 Å². The van der Waals surface area contributed by atoms with Gasteiger partial charge < -0.3 is 10.4 Å². The standard InChI is InChI=1S/C12H10Cl2FNO3/c13-8-4-9(14)10(15)3-7(8)11(17)16-6-1-5(2-6)12(18)19/h3-6H,1-2H2,(H,16,17)(H,18,19). The van der Waals surface area contributed by atoms with Crippen LogP contribution in [0.2, 0.25) is 10.0 Å². The van der Waals surface area contributed by atoms with E-state index in [4.69, 9.17) is 28.3 Å². The van der Waals surface area contributed by atoms with Crippen molar-refractivity contribution in [1.29, 1.82) is 0 Å². The van der Waals surface area contributed by atoms with Crippen molar-refractivity contribution in [2.75, 3.05) is 0 Å². The molecule has 0 unspecified atom stereocenters. The van der Waals surface area contributed by atoms with Crippen LogP contribution >= 0.6 is 23.2 Å². The van der Waals surface area contributed by atoms with Gasteiger partial charge in [-0.15, -0.1) is 0 Å². The molecule has 19 heavy (non-hydrogen) atoms. The monoisotopic (exact) mass is 305 g/mol. The number of amides is 1. The molecule has 0 radical (unpaired) electrons. The maximum Gasteiger partial charge on any atom is 0.306 e. The third-order valence-electron chi connectivity index (χ3n) is 3.08. The van der Waals surface area contributed by atoms with E-state index in [1.54, 1.807) is 0 Å². The Labute approximate surface area is 118 Å². The summed E-state index contributed by atoms with van der Waals surface area (Å²) in [6.07, 6.45) is 0.740. The molecule has 1 amide bonds. The third kappa shape index (κ3) is 2.98. The lowest BCUT2D eigenvalue weighted by atomic mass is 9.80. The van der Waals surface area contributed by atoms with Crippen LogP contribution in [0.3, 0.4) is 0 Å². The van der Waals surface area contributed by atoms with Crippen molar-refractivity contribution in [2.24, 2.45) is 5.92 Å². The Hall–Kier alpha value is -1.33. The summed E-state index contributed by atoms with van der Waals surface area (Å²) in [5.41, 5.74) is -0.0117. The summed E-state index contributed by atoms with van der Waals surface area (Å²) < 4.78 is 13.3. The van der Waals surface area contributed by atoms with E-state index in [1.165, 1.54) is 0 Å². The maximum absolute atomic E-state index is 13.3. The summed E-state index contributed by atoms with van der Waals surface area (Å²) >= 11 is 11.3. The second-order valence-electron chi connectivity index (χ2n) is 4.42. The average Bonchev–Trinajstić information content (AvgIpc) is 2.27. The fraction of sp³-hybridized carbons (Fsp3) is 0.333. The molecule has 1 fully saturated rings. The number of carbonyl (C=O) groups is 2. The van der Waals surface area contributed by atoms with Gasteiger partial charge in [0.2, 0.25) is 0 Å². The SMILES string of the molecule is O=C(NC1CC(C(=O)O)C1)c1cc(F)c(Cl)cc1Cl. The predicted molar refractivity (Wildman–Crippen MR) is 68.0 cm³/mol. The molecule has 1 saturated carbocycles.